The summed E-state index contributed by atoms with van der Waals surface area (Å²) >= 11 is 1.46. The second kappa shape index (κ2) is 15.8. The Balaban J connectivity index is 1.34. The first-order valence-electron chi connectivity index (χ1n) is 18.6. The molecule has 2 aromatic heterocycles. The van der Waals surface area contributed by atoms with Crippen LogP contribution in [0, 0.1) is 5.92 Å². The lowest BCUT2D eigenvalue weighted by Gasteiger charge is -2.30. The number of carboxylic acid groups (broad SMARTS) is 1. The highest BCUT2D eigenvalue weighted by atomic mass is 32.1. The average molecular weight is 763 g/mol. The van der Waals surface area contributed by atoms with Gasteiger partial charge in [0.05, 0.1) is 24.9 Å². The molecule has 290 valence electrons. The van der Waals surface area contributed by atoms with Crippen molar-refractivity contribution in [2.45, 2.75) is 115 Å². The number of allylic oxidation sites excluding steroid dienone is 1. The number of amides is 3. The number of hydrogen-bond acceptors (Lipinski definition) is 11. The molecular weight excluding hydrogens is 713 g/mol. The average Bonchev–Trinajstić information content (AvgIpc) is 3.38. The number of nitrogens with one attached hydrogen (secondary N) is 3. The fraction of sp³-hybridized carbons (Fsp3) is 0.538. The first-order chi connectivity index (χ1) is 25.7. The van der Waals surface area contributed by atoms with E-state index >= 15 is 0 Å². The molecule has 2 fully saturated rings. The van der Waals surface area contributed by atoms with E-state index in [1.807, 2.05) is 37.4 Å². The van der Waals surface area contributed by atoms with Crippen molar-refractivity contribution in [3.63, 3.8) is 0 Å². The smallest absolute Gasteiger partial charge is 0.408 e. The molecular formula is C39H50N6O8S. The number of aromatic nitrogens is 2. The third kappa shape index (κ3) is 8.88. The lowest BCUT2D eigenvalue weighted by Crippen LogP contribution is -2.56. The minimum absolute atomic E-state index is 0.0152. The van der Waals surface area contributed by atoms with Crippen LogP contribution in [0.4, 0.5) is 9.93 Å². The van der Waals surface area contributed by atoms with Gasteiger partial charge in [-0.2, -0.15) is 0 Å². The van der Waals surface area contributed by atoms with Gasteiger partial charge in [-0.1, -0.05) is 25.0 Å². The number of carboxylic acids is 1. The number of carbonyl (C=O) groups is 4. The van der Waals surface area contributed by atoms with Crippen molar-refractivity contribution in [1.29, 1.82) is 0 Å². The highest BCUT2D eigenvalue weighted by Gasteiger charge is 2.61. The first kappa shape index (κ1) is 38.8. The number of anilines is 1. The highest BCUT2D eigenvalue weighted by Crippen LogP contribution is 2.45. The van der Waals surface area contributed by atoms with E-state index in [9.17, 15) is 24.3 Å². The highest BCUT2D eigenvalue weighted by molar-refractivity contribution is 7.14. The molecule has 4 N–H and O–H groups in total. The van der Waals surface area contributed by atoms with Crippen LogP contribution >= 0.6 is 11.3 Å². The lowest BCUT2D eigenvalue weighted by molar-refractivity contribution is -0.145. The largest absolute Gasteiger partial charge is 0.497 e. The fourth-order valence-corrected chi connectivity index (χ4v) is 7.86. The lowest BCUT2D eigenvalue weighted by atomic mass is 10.0. The van der Waals surface area contributed by atoms with E-state index in [1.165, 1.54) is 16.2 Å². The van der Waals surface area contributed by atoms with Crippen LogP contribution in [0.1, 0.15) is 79.6 Å². The zero-order valence-electron chi connectivity index (χ0n) is 31.6. The molecule has 6 rings (SSSR count). The number of aliphatic carboxylic acids is 1. The van der Waals surface area contributed by atoms with Gasteiger partial charge in [-0.05, 0) is 72.4 Å². The molecule has 1 aromatic carbocycles. The molecule has 14 nitrogen and oxygen atoms in total. The Kier molecular flexibility index (Phi) is 11.4. The second-order valence-corrected chi connectivity index (χ2v) is 16.4. The quantitative estimate of drug-likeness (QED) is 0.200. The van der Waals surface area contributed by atoms with Crippen molar-refractivity contribution in [1.82, 2.24) is 25.5 Å². The van der Waals surface area contributed by atoms with Gasteiger partial charge in [0.1, 0.15) is 46.5 Å². The van der Waals surface area contributed by atoms with Crippen molar-refractivity contribution in [2.75, 3.05) is 19.0 Å². The minimum Gasteiger partial charge on any atom is -0.497 e. The summed E-state index contributed by atoms with van der Waals surface area (Å²) in [7, 11) is 1.58. The van der Waals surface area contributed by atoms with Crippen molar-refractivity contribution >= 4 is 51.2 Å². The molecule has 2 aliphatic heterocycles. The van der Waals surface area contributed by atoms with Crippen molar-refractivity contribution in [3.8, 4) is 22.9 Å². The zero-order valence-corrected chi connectivity index (χ0v) is 32.5. The third-order valence-corrected chi connectivity index (χ3v) is 10.5. The summed E-state index contributed by atoms with van der Waals surface area (Å²) in [6.07, 6.45) is 6.11. The predicted octanol–water partition coefficient (Wildman–Crippen LogP) is 5.91. The van der Waals surface area contributed by atoms with Gasteiger partial charge in [-0.3, -0.25) is 9.59 Å². The van der Waals surface area contributed by atoms with E-state index in [0.29, 0.717) is 46.6 Å². The van der Waals surface area contributed by atoms with Crippen LogP contribution in [0.5, 0.6) is 11.5 Å². The SMILES string of the molecule is COc1ccc2c(O[C@@H]3C[C@H]4C(=O)N[C@]5(C(=O)O)CC5/C=C\CCCCC[C@@H](NC(=O)OC(C)(C)C)C(=O)N4C3)cc(-c3csc(NC(C)C)n3)nc2c1. The normalized spacial score (nSPS) is 25.4. The summed E-state index contributed by atoms with van der Waals surface area (Å²) in [5, 5.41) is 22.5. The van der Waals surface area contributed by atoms with E-state index in [4.69, 9.17) is 24.2 Å². The van der Waals surface area contributed by atoms with Crippen LogP contribution < -0.4 is 25.4 Å². The molecule has 54 heavy (non-hydrogen) atoms. The fourth-order valence-electron chi connectivity index (χ4n) is 7.01. The van der Waals surface area contributed by atoms with Crippen molar-refractivity contribution in [3.05, 3.63) is 41.8 Å². The number of alkyl carbamates (subject to hydrolysis) is 1. The molecule has 3 amide bonds. The van der Waals surface area contributed by atoms with E-state index in [2.05, 4.69) is 16.0 Å². The Hall–Kier alpha value is -4.92. The zero-order chi connectivity index (χ0) is 38.8. The second-order valence-electron chi connectivity index (χ2n) is 15.5. The predicted molar refractivity (Wildman–Crippen MR) is 205 cm³/mol. The number of methoxy groups -OCH3 is 1. The molecule has 1 saturated heterocycles. The van der Waals surface area contributed by atoms with Gasteiger partial charge in [0.15, 0.2) is 5.13 Å². The maximum atomic E-state index is 14.5. The van der Waals surface area contributed by atoms with Crippen LogP contribution in [-0.2, 0) is 19.1 Å². The Morgan fingerprint density at radius 3 is 2.63 bits per heavy atom. The van der Waals surface area contributed by atoms with E-state index in [0.717, 1.165) is 24.4 Å². The third-order valence-electron chi connectivity index (χ3n) is 9.76. The molecule has 0 radical (unpaired) electrons. The van der Waals surface area contributed by atoms with Gasteiger partial charge in [0.2, 0.25) is 11.8 Å². The van der Waals surface area contributed by atoms with Crippen LogP contribution in [0.2, 0.25) is 0 Å². The van der Waals surface area contributed by atoms with E-state index in [-0.39, 0.29) is 31.3 Å². The number of ether oxygens (including phenoxy) is 3. The van der Waals surface area contributed by atoms with E-state index in [1.54, 1.807) is 46.1 Å². The van der Waals surface area contributed by atoms with Gasteiger partial charge in [0.25, 0.3) is 0 Å². The van der Waals surface area contributed by atoms with Crippen LogP contribution in [0.3, 0.4) is 0 Å². The van der Waals surface area contributed by atoms with Gasteiger partial charge < -0.3 is 40.2 Å². The summed E-state index contributed by atoms with van der Waals surface area (Å²) in [5.74, 6) is -1.45. The number of carbonyl (C=O) groups excluding carboxylic acids is 3. The molecule has 0 spiro atoms. The Morgan fingerprint density at radius 1 is 1.11 bits per heavy atom. The standard InChI is InChI=1S/C39H50N6O8S/c1-22(2)40-36-42-30(21-54-36)29-18-32(26-15-14-24(51-6)16-28(26)41-29)52-25-17-31-33(46)44-39(35(48)49)19-23(39)12-10-8-7-9-11-13-27(34(47)45(31)20-25)43-37(50)53-38(3,4)5/h10,12,14-16,18,21-23,25,27,31H,7-9,11,13,17,19-20H2,1-6H3,(H,40,42)(H,43,50)(H,44,46)(H,48,49)/b12-10-/t23?,25-,27-,31+,39-/m1/s1. The molecule has 5 atom stereocenters. The molecule has 1 unspecified atom stereocenters. The number of fused-ring (bicyclic) bond motifs is 3. The molecule has 15 heteroatoms. The van der Waals surface area contributed by atoms with Crippen molar-refractivity contribution < 1.29 is 38.5 Å². The maximum Gasteiger partial charge on any atom is 0.408 e. The summed E-state index contributed by atoms with van der Waals surface area (Å²) < 4.78 is 17.7. The Labute approximate surface area is 319 Å². The number of nitrogens with zero attached hydrogens (tertiary/aromatic N) is 3. The van der Waals surface area contributed by atoms with Gasteiger partial charge in [-0.25, -0.2) is 19.6 Å². The van der Waals surface area contributed by atoms with E-state index < -0.39 is 53.2 Å². The number of rotatable bonds is 8. The van der Waals surface area contributed by atoms with Crippen LogP contribution in [0.25, 0.3) is 22.3 Å². The molecule has 0 bridgehead atoms. The Bertz CT molecular complexity index is 1920. The summed E-state index contributed by atoms with van der Waals surface area (Å²) in [4.78, 5) is 65.2. The number of pyridine rings is 1. The summed E-state index contributed by atoms with van der Waals surface area (Å²) in [6, 6.07) is 5.41. The van der Waals surface area contributed by atoms with Gasteiger partial charge in [-0.15, -0.1) is 11.3 Å². The molecule has 3 aliphatic rings. The van der Waals surface area contributed by atoms with Crippen LogP contribution in [0.15, 0.2) is 41.8 Å². The first-order valence-corrected chi connectivity index (χ1v) is 19.4. The van der Waals surface area contributed by atoms with Crippen molar-refractivity contribution in [2.24, 2.45) is 5.92 Å². The molecule has 1 saturated carbocycles. The maximum absolute atomic E-state index is 14.5. The number of thiazole rings is 1. The summed E-state index contributed by atoms with van der Waals surface area (Å²) in [5.41, 5.74) is -0.427. The number of benzene rings is 1. The van der Waals surface area contributed by atoms with Crippen LogP contribution in [-0.4, -0.2) is 92.9 Å². The molecule has 4 heterocycles. The monoisotopic (exact) mass is 762 g/mol. The van der Waals surface area contributed by atoms with Gasteiger partial charge in [0, 0.05) is 41.3 Å². The van der Waals surface area contributed by atoms with Gasteiger partial charge >= 0.3 is 12.1 Å². The minimum atomic E-state index is -1.46. The molecule has 1 aliphatic carbocycles. The molecule has 3 aromatic rings. The summed E-state index contributed by atoms with van der Waals surface area (Å²) in [6.45, 7) is 9.30. The topological polar surface area (TPSA) is 181 Å². The Morgan fingerprint density at radius 2 is 1.91 bits per heavy atom. The number of hydrogen-bond donors (Lipinski definition) is 4.